The van der Waals surface area contributed by atoms with Crippen LogP contribution in [0.3, 0.4) is 0 Å². The van der Waals surface area contributed by atoms with E-state index in [9.17, 15) is 4.79 Å². The second-order valence-corrected chi connectivity index (χ2v) is 7.65. The van der Waals surface area contributed by atoms with Crippen molar-refractivity contribution in [1.29, 1.82) is 0 Å². The Labute approximate surface area is 168 Å². The maximum absolute atomic E-state index is 13.2. The Balaban J connectivity index is 2.02. The molecule has 28 heavy (non-hydrogen) atoms. The third-order valence-corrected chi connectivity index (χ3v) is 5.61. The second-order valence-electron chi connectivity index (χ2n) is 7.65. The number of fused-ring (bicyclic) bond motifs is 1. The Morgan fingerprint density at radius 1 is 1.14 bits per heavy atom. The van der Waals surface area contributed by atoms with Crippen molar-refractivity contribution in [2.45, 2.75) is 45.6 Å². The van der Waals surface area contributed by atoms with Gasteiger partial charge in [0.15, 0.2) is 11.5 Å². The first-order valence-corrected chi connectivity index (χ1v) is 10.2. The van der Waals surface area contributed by atoms with Crippen LogP contribution < -0.4 is 9.47 Å². The van der Waals surface area contributed by atoms with E-state index in [0.717, 1.165) is 42.7 Å². The number of carbonyl (C=O) groups is 1. The zero-order valence-corrected chi connectivity index (χ0v) is 17.4. The Morgan fingerprint density at radius 2 is 1.82 bits per heavy atom. The molecule has 0 bridgehead atoms. The molecule has 1 heterocycles. The summed E-state index contributed by atoms with van der Waals surface area (Å²) >= 11 is 0. The fraction of sp³-hybridized carbons (Fsp3) is 0.458. The van der Waals surface area contributed by atoms with Gasteiger partial charge in [-0.25, -0.2) is 0 Å². The van der Waals surface area contributed by atoms with Crippen molar-refractivity contribution in [3.8, 4) is 11.5 Å². The highest BCUT2D eigenvalue weighted by Gasteiger charge is 2.33. The van der Waals surface area contributed by atoms with E-state index in [1.54, 1.807) is 14.2 Å². The highest BCUT2D eigenvalue weighted by Crippen LogP contribution is 2.41. The first-order valence-electron chi connectivity index (χ1n) is 10.2. The molecular formula is C24H31NO3. The number of methoxy groups -OCH3 is 2. The number of hydrogen-bond acceptors (Lipinski definition) is 3. The van der Waals surface area contributed by atoms with E-state index in [1.165, 1.54) is 5.56 Å². The summed E-state index contributed by atoms with van der Waals surface area (Å²) in [7, 11) is 3.31. The molecule has 2 atom stereocenters. The molecule has 1 aliphatic heterocycles. The first-order chi connectivity index (χ1) is 13.6. The smallest absolute Gasteiger partial charge is 0.223 e. The monoisotopic (exact) mass is 381 g/mol. The summed E-state index contributed by atoms with van der Waals surface area (Å²) in [6, 6.07) is 14.3. The molecule has 2 aromatic carbocycles. The molecule has 0 radical (unpaired) electrons. The molecule has 4 nitrogen and oxygen atoms in total. The molecule has 2 unspecified atom stereocenters. The van der Waals surface area contributed by atoms with Gasteiger partial charge in [0, 0.05) is 13.0 Å². The third-order valence-electron chi connectivity index (χ3n) is 5.61. The third kappa shape index (κ3) is 4.16. The van der Waals surface area contributed by atoms with Gasteiger partial charge < -0.3 is 14.4 Å². The van der Waals surface area contributed by atoms with Crippen molar-refractivity contribution in [2.24, 2.45) is 5.92 Å². The predicted octanol–water partition coefficient (Wildman–Crippen LogP) is 5.00. The van der Waals surface area contributed by atoms with Gasteiger partial charge in [-0.05, 0) is 41.2 Å². The molecule has 0 aliphatic carbocycles. The van der Waals surface area contributed by atoms with E-state index in [4.69, 9.17) is 9.47 Å². The molecule has 150 valence electrons. The lowest BCUT2D eigenvalue weighted by atomic mass is 9.87. The van der Waals surface area contributed by atoms with Gasteiger partial charge in [-0.3, -0.25) is 4.79 Å². The molecular weight excluding hydrogens is 350 g/mol. The standard InChI is InChI=1S/C24H31NO3/c1-5-9-17(2)14-23(26)25-13-12-19-15-21(27-3)22(28-4)16-20(19)24(25)18-10-7-6-8-11-18/h6-8,10-11,15-17,24H,5,9,12-14H2,1-4H3. The fourth-order valence-electron chi connectivity index (χ4n) is 4.22. The van der Waals surface area contributed by atoms with Gasteiger partial charge in [-0.15, -0.1) is 0 Å². The van der Waals surface area contributed by atoms with Gasteiger partial charge in [-0.1, -0.05) is 57.0 Å². The summed E-state index contributed by atoms with van der Waals surface area (Å²) in [6.45, 7) is 5.06. The molecule has 4 heteroatoms. The van der Waals surface area contributed by atoms with Crippen LogP contribution in [0.15, 0.2) is 42.5 Å². The van der Waals surface area contributed by atoms with Crippen LogP contribution in [0.5, 0.6) is 11.5 Å². The summed E-state index contributed by atoms with van der Waals surface area (Å²) in [6.07, 6.45) is 3.61. The topological polar surface area (TPSA) is 38.8 Å². The lowest BCUT2D eigenvalue weighted by molar-refractivity contribution is -0.134. The summed E-state index contributed by atoms with van der Waals surface area (Å²) < 4.78 is 11.0. The normalized spacial score (nSPS) is 17.0. The van der Waals surface area contributed by atoms with E-state index < -0.39 is 0 Å². The van der Waals surface area contributed by atoms with Crippen molar-refractivity contribution >= 4 is 5.91 Å². The van der Waals surface area contributed by atoms with Crippen LogP contribution in [0.2, 0.25) is 0 Å². The lowest BCUT2D eigenvalue weighted by Crippen LogP contribution is -2.41. The van der Waals surface area contributed by atoms with Gasteiger partial charge in [0.2, 0.25) is 5.91 Å². The molecule has 0 saturated carbocycles. The van der Waals surface area contributed by atoms with E-state index in [0.29, 0.717) is 18.1 Å². The Bertz CT molecular complexity index is 803. The van der Waals surface area contributed by atoms with Crippen LogP contribution in [0, 0.1) is 5.92 Å². The number of carbonyl (C=O) groups excluding carboxylic acids is 1. The zero-order valence-electron chi connectivity index (χ0n) is 17.4. The van der Waals surface area contributed by atoms with Crippen molar-refractivity contribution in [2.75, 3.05) is 20.8 Å². The highest BCUT2D eigenvalue weighted by atomic mass is 16.5. The number of hydrogen-bond donors (Lipinski definition) is 0. The van der Waals surface area contributed by atoms with Gasteiger partial charge in [0.1, 0.15) is 0 Å². The van der Waals surface area contributed by atoms with Crippen LogP contribution >= 0.6 is 0 Å². The summed E-state index contributed by atoms with van der Waals surface area (Å²) in [5.41, 5.74) is 3.48. The zero-order chi connectivity index (χ0) is 20.1. The maximum atomic E-state index is 13.2. The Morgan fingerprint density at radius 3 is 2.46 bits per heavy atom. The molecule has 3 rings (SSSR count). The summed E-state index contributed by atoms with van der Waals surface area (Å²) in [4.78, 5) is 15.3. The lowest BCUT2D eigenvalue weighted by Gasteiger charge is -2.38. The molecule has 0 N–H and O–H groups in total. The van der Waals surface area contributed by atoms with E-state index >= 15 is 0 Å². The maximum Gasteiger partial charge on any atom is 0.223 e. The number of amides is 1. The SMILES string of the molecule is CCCC(C)CC(=O)N1CCc2cc(OC)c(OC)cc2C1c1ccccc1. The van der Waals surface area contributed by atoms with Crippen LogP contribution in [-0.2, 0) is 11.2 Å². The number of nitrogens with zero attached hydrogens (tertiary/aromatic N) is 1. The second kappa shape index (κ2) is 9.13. The van der Waals surface area contributed by atoms with Gasteiger partial charge >= 0.3 is 0 Å². The van der Waals surface area contributed by atoms with E-state index in [-0.39, 0.29) is 11.9 Å². The average Bonchev–Trinajstić information content (AvgIpc) is 2.72. The summed E-state index contributed by atoms with van der Waals surface area (Å²) in [5, 5.41) is 0. The number of ether oxygens (including phenoxy) is 2. The highest BCUT2D eigenvalue weighted by molar-refractivity contribution is 5.78. The first kappa shape index (κ1) is 20.2. The van der Waals surface area contributed by atoms with Crippen molar-refractivity contribution in [3.05, 3.63) is 59.2 Å². The molecule has 0 spiro atoms. The van der Waals surface area contributed by atoms with Crippen LogP contribution in [0.25, 0.3) is 0 Å². The fourth-order valence-corrected chi connectivity index (χ4v) is 4.22. The van der Waals surface area contributed by atoms with E-state index in [2.05, 4.69) is 36.9 Å². The average molecular weight is 382 g/mol. The molecule has 1 aliphatic rings. The minimum Gasteiger partial charge on any atom is -0.493 e. The molecule has 0 aromatic heterocycles. The van der Waals surface area contributed by atoms with Gasteiger partial charge in [0.25, 0.3) is 0 Å². The quantitative estimate of drug-likeness (QED) is 0.677. The minimum atomic E-state index is -0.0916. The van der Waals surface area contributed by atoms with Gasteiger partial charge in [0.05, 0.1) is 20.3 Å². The molecule has 0 fully saturated rings. The Kier molecular flexibility index (Phi) is 6.61. The minimum absolute atomic E-state index is 0.0916. The molecule has 2 aromatic rings. The van der Waals surface area contributed by atoms with Gasteiger partial charge in [-0.2, -0.15) is 0 Å². The van der Waals surface area contributed by atoms with Crippen molar-refractivity contribution in [1.82, 2.24) is 4.90 Å². The molecule has 1 amide bonds. The van der Waals surface area contributed by atoms with Crippen molar-refractivity contribution in [3.63, 3.8) is 0 Å². The van der Waals surface area contributed by atoms with Crippen LogP contribution in [0.4, 0.5) is 0 Å². The number of rotatable bonds is 7. The van der Waals surface area contributed by atoms with Crippen LogP contribution in [-0.4, -0.2) is 31.6 Å². The Hall–Kier alpha value is -2.49. The number of benzene rings is 2. The summed E-state index contributed by atoms with van der Waals surface area (Å²) in [5.74, 6) is 2.08. The predicted molar refractivity (Wildman–Crippen MR) is 112 cm³/mol. The van der Waals surface area contributed by atoms with E-state index in [1.807, 2.05) is 24.3 Å². The molecule has 0 saturated heterocycles. The largest absolute Gasteiger partial charge is 0.493 e. The van der Waals surface area contributed by atoms with Crippen molar-refractivity contribution < 1.29 is 14.3 Å². The van der Waals surface area contributed by atoms with Crippen LogP contribution in [0.1, 0.15) is 55.8 Å².